The van der Waals surface area contributed by atoms with E-state index in [9.17, 15) is 9.59 Å². The lowest BCUT2D eigenvalue weighted by molar-refractivity contribution is 0.0685. The molecule has 0 aliphatic carbocycles. The van der Waals surface area contributed by atoms with E-state index in [0.717, 1.165) is 23.9 Å². The van der Waals surface area contributed by atoms with Crippen LogP contribution in [0.25, 0.3) is 11.0 Å². The van der Waals surface area contributed by atoms with Gasteiger partial charge in [-0.2, -0.15) is 0 Å². The van der Waals surface area contributed by atoms with Crippen LogP contribution < -0.4 is 5.69 Å². The Morgan fingerprint density at radius 1 is 1.12 bits per heavy atom. The fraction of sp³-hybridized carbons (Fsp3) is 0.333. The van der Waals surface area contributed by atoms with Crippen LogP contribution in [0.4, 0.5) is 0 Å². The number of rotatable bonds is 2. The predicted molar refractivity (Wildman–Crippen MR) is 92.1 cm³/mol. The monoisotopic (exact) mass is 324 g/mol. The Balaban J connectivity index is 1.54. The number of aromatic nitrogens is 3. The van der Waals surface area contributed by atoms with Crippen molar-refractivity contribution in [2.75, 3.05) is 13.1 Å². The van der Waals surface area contributed by atoms with Gasteiger partial charge in [-0.25, -0.2) is 4.79 Å². The molecule has 0 atom stereocenters. The number of nitrogens with zero attached hydrogens (tertiary/aromatic N) is 3. The summed E-state index contributed by atoms with van der Waals surface area (Å²) in [5.41, 5.74) is 2.45. The molecular weight excluding hydrogens is 304 g/mol. The molecule has 1 aromatic carbocycles. The summed E-state index contributed by atoms with van der Waals surface area (Å²) in [4.78, 5) is 29.7. The molecule has 0 unspecified atom stereocenters. The Labute approximate surface area is 139 Å². The van der Waals surface area contributed by atoms with Crippen molar-refractivity contribution in [1.82, 2.24) is 19.0 Å². The number of carbonyl (C=O) groups excluding carboxylic acids is 1. The third-order valence-corrected chi connectivity index (χ3v) is 4.90. The van der Waals surface area contributed by atoms with Crippen molar-refractivity contribution in [3.05, 3.63) is 58.8 Å². The van der Waals surface area contributed by atoms with Crippen molar-refractivity contribution in [3.8, 4) is 0 Å². The lowest BCUT2D eigenvalue weighted by Crippen LogP contribution is -2.41. The van der Waals surface area contributed by atoms with Crippen molar-refractivity contribution in [2.45, 2.75) is 18.9 Å². The van der Waals surface area contributed by atoms with Gasteiger partial charge in [-0.15, -0.1) is 0 Å². The molecule has 124 valence electrons. The molecular formula is C18H20N4O2. The summed E-state index contributed by atoms with van der Waals surface area (Å²) in [6.07, 6.45) is 3.46. The Hall–Kier alpha value is -2.76. The first kappa shape index (κ1) is 14.8. The third-order valence-electron chi connectivity index (χ3n) is 4.90. The molecule has 2 aromatic heterocycles. The van der Waals surface area contributed by atoms with E-state index in [0.29, 0.717) is 18.8 Å². The van der Waals surface area contributed by atoms with Crippen LogP contribution in [0, 0.1) is 0 Å². The first-order chi connectivity index (χ1) is 11.6. The maximum absolute atomic E-state index is 12.6. The molecule has 0 radical (unpaired) electrons. The fourth-order valence-corrected chi connectivity index (χ4v) is 3.61. The van der Waals surface area contributed by atoms with Gasteiger partial charge in [0.15, 0.2) is 0 Å². The van der Waals surface area contributed by atoms with Gasteiger partial charge in [-0.05, 0) is 37.1 Å². The van der Waals surface area contributed by atoms with Crippen LogP contribution >= 0.6 is 0 Å². The van der Waals surface area contributed by atoms with Gasteiger partial charge >= 0.3 is 5.69 Å². The standard InChI is InChI=1S/C18H20N4O2/c1-20-10-4-7-16(20)17(23)21-11-8-13(9-12-21)22-15-6-3-2-5-14(15)19-18(22)24/h2-7,10,13H,8-9,11-12H2,1H3,(H,19,24). The van der Waals surface area contributed by atoms with E-state index >= 15 is 0 Å². The summed E-state index contributed by atoms with van der Waals surface area (Å²) in [7, 11) is 1.88. The van der Waals surface area contributed by atoms with Crippen LogP contribution in [0.3, 0.4) is 0 Å². The summed E-state index contributed by atoms with van der Waals surface area (Å²) in [5, 5.41) is 0. The van der Waals surface area contributed by atoms with Crippen LogP contribution in [0.2, 0.25) is 0 Å². The quantitative estimate of drug-likeness (QED) is 0.785. The van der Waals surface area contributed by atoms with Crippen molar-refractivity contribution in [2.24, 2.45) is 7.05 Å². The highest BCUT2D eigenvalue weighted by molar-refractivity contribution is 5.92. The fourth-order valence-electron chi connectivity index (χ4n) is 3.61. The molecule has 6 heteroatoms. The van der Waals surface area contributed by atoms with Crippen LogP contribution in [-0.2, 0) is 7.05 Å². The molecule has 0 saturated carbocycles. The van der Waals surface area contributed by atoms with Crippen LogP contribution in [0.5, 0.6) is 0 Å². The molecule has 4 rings (SSSR count). The number of para-hydroxylation sites is 2. The highest BCUT2D eigenvalue weighted by atomic mass is 16.2. The minimum absolute atomic E-state index is 0.0622. The molecule has 6 nitrogen and oxygen atoms in total. The van der Waals surface area contributed by atoms with E-state index in [4.69, 9.17) is 0 Å². The molecule has 1 fully saturated rings. The summed E-state index contributed by atoms with van der Waals surface area (Å²) in [6.45, 7) is 1.33. The molecule has 1 saturated heterocycles. The van der Waals surface area contributed by atoms with Gasteiger partial charge in [-0.1, -0.05) is 12.1 Å². The largest absolute Gasteiger partial charge is 0.347 e. The molecule has 24 heavy (non-hydrogen) atoms. The van der Waals surface area contributed by atoms with Gasteiger partial charge in [0.2, 0.25) is 0 Å². The molecule has 0 bridgehead atoms. The maximum atomic E-state index is 12.6. The number of piperidine rings is 1. The second kappa shape index (κ2) is 5.70. The maximum Gasteiger partial charge on any atom is 0.326 e. The summed E-state index contributed by atoms with van der Waals surface area (Å²) in [5.74, 6) is 0.0622. The lowest BCUT2D eigenvalue weighted by Gasteiger charge is -2.32. The van der Waals surface area contributed by atoms with Crippen molar-refractivity contribution < 1.29 is 4.79 Å². The van der Waals surface area contributed by atoms with E-state index in [2.05, 4.69) is 4.98 Å². The number of fused-ring (bicyclic) bond motifs is 1. The number of aromatic amines is 1. The van der Waals surface area contributed by atoms with Crippen molar-refractivity contribution in [1.29, 1.82) is 0 Å². The Morgan fingerprint density at radius 2 is 1.88 bits per heavy atom. The number of hydrogen-bond donors (Lipinski definition) is 1. The highest BCUT2D eigenvalue weighted by Crippen LogP contribution is 2.25. The third kappa shape index (κ3) is 2.35. The van der Waals surface area contributed by atoms with Crippen LogP contribution in [0.1, 0.15) is 29.4 Å². The number of imidazole rings is 1. The van der Waals surface area contributed by atoms with E-state index < -0.39 is 0 Å². The Kier molecular flexibility index (Phi) is 3.52. The van der Waals surface area contributed by atoms with Gasteiger partial charge in [-0.3, -0.25) is 9.36 Å². The van der Waals surface area contributed by atoms with Crippen LogP contribution in [-0.4, -0.2) is 38.0 Å². The van der Waals surface area contributed by atoms with Crippen LogP contribution in [0.15, 0.2) is 47.4 Å². The van der Waals surface area contributed by atoms with Gasteiger partial charge in [0.05, 0.1) is 11.0 Å². The van der Waals surface area contributed by atoms with Gasteiger partial charge in [0.1, 0.15) is 5.69 Å². The molecule has 1 aliphatic heterocycles. The van der Waals surface area contributed by atoms with Crippen molar-refractivity contribution in [3.63, 3.8) is 0 Å². The van der Waals surface area contributed by atoms with Gasteiger partial charge < -0.3 is 14.5 Å². The Bertz CT molecular complexity index is 941. The van der Waals surface area contributed by atoms with E-state index in [1.165, 1.54) is 0 Å². The number of aryl methyl sites for hydroxylation is 1. The van der Waals surface area contributed by atoms with Crippen molar-refractivity contribution >= 4 is 16.9 Å². The second-order valence-corrected chi connectivity index (χ2v) is 6.35. The zero-order valence-corrected chi connectivity index (χ0v) is 13.6. The zero-order chi connectivity index (χ0) is 16.7. The van der Waals surface area contributed by atoms with E-state index in [-0.39, 0.29) is 17.6 Å². The average molecular weight is 324 g/mol. The number of carbonyl (C=O) groups is 1. The number of amides is 1. The SMILES string of the molecule is Cn1cccc1C(=O)N1CCC(n2c(=O)[nH]c3ccccc32)CC1. The lowest BCUT2D eigenvalue weighted by atomic mass is 10.0. The summed E-state index contributed by atoms with van der Waals surface area (Å²) >= 11 is 0. The Morgan fingerprint density at radius 3 is 2.58 bits per heavy atom. The highest BCUT2D eigenvalue weighted by Gasteiger charge is 2.27. The average Bonchev–Trinajstić information content (AvgIpc) is 3.16. The minimum Gasteiger partial charge on any atom is -0.347 e. The number of H-pyrrole nitrogens is 1. The number of benzene rings is 1. The smallest absolute Gasteiger partial charge is 0.326 e. The predicted octanol–water partition coefficient (Wildman–Crippen LogP) is 2.15. The van der Waals surface area contributed by atoms with E-state index in [1.54, 1.807) is 0 Å². The van der Waals surface area contributed by atoms with Gasteiger partial charge in [0.25, 0.3) is 5.91 Å². The molecule has 1 N–H and O–H groups in total. The summed E-state index contributed by atoms with van der Waals surface area (Å²) in [6, 6.07) is 11.6. The first-order valence-corrected chi connectivity index (χ1v) is 8.25. The minimum atomic E-state index is -0.0663. The molecule has 0 spiro atoms. The number of hydrogen-bond acceptors (Lipinski definition) is 2. The summed E-state index contributed by atoms with van der Waals surface area (Å²) < 4.78 is 3.69. The second-order valence-electron chi connectivity index (χ2n) is 6.35. The molecule has 1 aliphatic rings. The van der Waals surface area contributed by atoms with Gasteiger partial charge in [0, 0.05) is 32.4 Å². The molecule has 3 aromatic rings. The molecule has 3 heterocycles. The normalized spacial score (nSPS) is 16.0. The first-order valence-electron chi connectivity index (χ1n) is 8.25. The zero-order valence-electron chi connectivity index (χ0n) is 13.6. The van der Waals surface area contributed by atoms with E-state index in [1.807, 2.05) is 63.7 Å². The topological polar surface area (TPSA) is 63.0 Å². The number of likely N-dealkylation sites (tertiary alicyclic amines) is 1. The molecule has 1 amide bonds. The number of nitrogens with one attached hydrogen (secondary N) is 1.